The number of thiazole rings is 1. The van der Waals surface area contributed by atoms with Crippen molar-refractivity contribution in [3.05, 3.63) is 64.5 Å². The van der Waals surface area contributed by atoms with Crippen LogP contribution in [0.2, 0.25) is 0 Å². The van der Waals surface area contributed by atoms with Gasteiger partial charge in [-0.25, -0.2) is 9.37 Å². The second-order valence-corrected chi connectivity index (χ2v) is 8.34. The number of hydrogen-bond acceptors (Lipinski definition) is 5. The van der Waals surface area contributed by atoms with Gasteiger partial charge in [0, 0.05) is 42.0 Å². The van der Waals surface area contributed by atoms with Crippen LogP contribution in [-0.2, 0) is 6.54 Å². The first-order chi connectivity index (χ1) is 13.5. The maximum Gasteiger partial charge on any atom is 0.142 e. The molecule has 4 rings (SSSR count). The summed E-state index contributed by atoms with van der Waals surface area (Å²) >= 11 is 1.61. The average molecular weight is 398 g/mol. The lowest BCUT2D eigenvalue weighted by Gasteiger charge is -2.26. The Kier molecular flexibility index (Phi) is 5.42. The van der Waals surface area contributed by atoms with E-state index in [0.717, 1.165) is 41.5 Å². The normalized spacial score (nSPS) is 19.9. The molecular weight excluding hydrogens is 373 g/mol. The fourth-order valence-corrected chi connectivity index (χ4v) is 4.79. The van der Waals surface area contributed by atoms with Gasteiger partial charge in [0.2, 0.25) is 0 Å². The van der Waals surface area contributed by atoms with Gasteiger partial charge >= 0.3 is 0 Å². The Bertz CT molecular complexity index is 974. The predicted octanol–water partition coefficient (Wildman–Crippen LogP) is 5.24. The lowest BCUT2D eigenvalue weighted by molar-refractivity contribution is 0.235. The molecule has 0 radical (unpaired) electrons. The number of aromatic nitrogens is 2. The SMILES string of the molecule is COc1cccc(F)c1C1CC(C)CN1Cc1ccnc(-c2nc(C)cs2)c1. The molecule has 0 aliphatic carbocycles. The fraction of sp³-hybridized carbons (Fsp3) is 0.364. The smallest absolute Gasteiger partial charge is 0.142 e. The van der Waals surface area contributed by atoms with Crippen molar-refractivity contribution in [2.24, 2.45) is 5.92 Å². The summed E-state index contributed by atoms with van der Waals surface area (Å²) in [5.41, 5.74) is 3.72. The van der Waals surface area contributed by atoms with Crippen molar-refractivity contribution >= 4 is 11.3 Å². The first-order valence-corrected chi connectivity index (χ1v) is 10.4. The van der Waals surface area contributed by atoms with Gasteiger partial charge in [0.1, 0.15) is 16.6 Å². The van der Waals surface area contributed by atoms with Crippen LogP contribution in [0.4, 0.5) is 4.39 Å². The van der Waals surface area contributed by atoms with Gasteiger partial charge in [0.05, 0.1) is 12.8 Å². The van der Waals surface area contributed by atoms with E-state index in [1.54, 1.807) is 24.5 Å². The first kappa shape index (κ1) is 19.0. The van der Waals surface area contributed by atoms with E-state index in [1.807, 2.05) is 30.6 Å². The maximum absolute atomic E-state index is 14.7. The standard InChI is InChI=1S/C22H24FN3OS/c1-14-9-19(21-17(23)5-4-6-20(21)27-3)26(11-14)12-16-7-8-24-18(10-16)22-25-15(2)13-28-22/h4-8,10,13-14,19H,9,11-12H2,1-3H3. The van der Waals surface area contributed by atoms with Crippen LogP contribution in [0.3, 0.4) is 0 Å². The molecule has 1 saturated heterocycles. The van der Waals surface area contributed by atoms with Gasteiger partial charge in [-0.3, -0.25) is 9.88 Å². The molecule has 1 fully saturated rings. The average Bonchev–Trinajstić information content (AvgIpc) is 3.27. The van der Waals surface area contributed by atoms with E-state index in [9.17, 15) is 4.39 Å². The highest BCUT2D eigenvalue weighted by Crippen LogP contribution is 2.41. The zero-order chi connectivity index (χ0) is 19.7. The van der Waals surface area contributed by atoms with Crippen LogP contribution in [0, 0.1) is 18.7 Å². The quantitative estimate of drug-likeness (QED) is 0.590. The summed E-state index contributed by atoms with van der Waals surface area (Å²) in [6.45, 7) is 5.88. The molecule has 2 unspecified atom stereocenters. The predicted molar refractivity (Wildman–Crippen MR) is 110 cm³/mol. The Hall–Kier alpha value is -2.31. The van der Waals surface area contributed by atoms with Gasteiger partial charge in [-0.05, 0) is 49.1 Å². The monoisotopic (exact) mass is 397 g/mol. The van der Waals surface area contributed by atoms with Gasteiger partial charge in [-0.2, -0.15) is 0 Å². The topological polar surface area (TPSA) is 38.2 Å². The van der Waals surface area contributed by atoms with Crippen LogP contribution in [0.1, 0.15) is 36.2 Å². The van der Waals surface area contributed by atoms with Crippen molar-refractivity contribution < 1.29 is 9.13 Å². The molecule has 1 aliphatic heterocycles. The molecular formula is C22H24FN3OS. The molecule has 4 nitrogen and oxygen atoms in total. The van der Waals surface area contributed by atoms with Crippen molar-refractivity contribution in [2.45, 2.75) is 32.9 Å². The zero-order valence-corrected chi connectivity index (χ0v) is 17.2. The largest absolute Gasteiger partial charge is 0.496 e. The number of methoxy groups -OCH3 is 1. The van der Waals surface area contributed by atoms with E-state index < -0.39 is 0 Å². The van der Waals surface area contributed by atoms with Crippen LogP contribution < -0.4 is 4.74 Å². The molecule has 146 valence electrons. The number of halogens is 1. The lowest BCUT2D eigenvalue weighted by Crippen LogP contribution is -2.24. The number of rotatable bonds is 5. The Morgan fingerprint density at radius 3 is 2.93 bits per heavy atom. The molecule has 2 atom stereocenters. The molecule has 0 amide bonds. The number of aryl methyl sites for hydroxylation is 1. The maximum atomic E-state index is 14.7. The van der Waals surface area contributed by atoms with E-state index >= 15 is 0 Å². The Morgan fingerprint density at radius 2 is 2.18 bits per heavy atom. The summed E-state index contributed by atoms with van der Waals surface area (Å²) in [6, 6.07) is 9.19. The van der Waals surface area contributed by atoms with Gasteiger partial charge in [0.25, 0.3) is 0 Å². The van der Waals surface area contributed by atoms with Crippen molar-refractivity contribution in [1.29, 1.82) is 0 Å². The van der Waals surface area contributed by atoms with Gasteiger partial charge in [-0.1, -0.05) is 13.0 Å². The molecule has 0 N–H and O–H groups in total. The Balaban J connectivity index is 1.62. The molecule has 3 aromatic rings. The summed E-state index contributed by atoms with van der Waals surface area (Å²) in [6.07, 6.45) is 2.75. The minimum atomic E-state index is -0.197. The second-order valence-electron chi connectivity index (χ2n) is 7.49. The molecule has 1 aliphatic rings. The highest BCUT2D eigenvalue weighted by molar-refractivity contribution is 7.13. The van der Waals surface area contributed by atoms with Crippen LogP contribution in [0.25, 0.3) is 10.7 Å². The summed E-state index contributed by atoms with van der Waals surface area (Å²) in [7, 11) is 1.60. The summed E-state index contributed by atoms with van der Waals surface area (Å²) in [5.74, 6) is 0.923. The summed E-state index contributed by atoms with van der Waals surface area (Å²) in [4.78, 5) is 11.4. The molecule has 28 heavy (non-hydrogen) atoms. The Morgan fingerprint density at radius 1 is 1.32 bits per heavy atom. The molecule has 0 saturated carbocycles. The molecule has 1 aromatic carbocycles. The van der Waals surface area contributed by atoms with Crippen molar-refractivity contribution in [3.63, 3.8) is 0 Å². The van der Waals surface area contributed by atoms with Crippen molar-refractivity contribution in [3.8, 4) is 16.5 Å². The van der Waals surface area contributed by atoms with E-state index in [-0.39, 0.29) is 11.9 Å². The third-order valence-electron chi connectivity index (χ3n) is 5.23. The second kappa shape index (κ2) is 7.97. The fourth-order valence-electron chi connectivity index (χ4n) is 4.02. The summed E-state index contributed by atoms with van der Waals surface area (Å²) in [5, 5.41) is 2.97. The van der Waals surface area contributed by atoms with Crippen LogP contribution in [0.5, 0.6) is 5.75 Å². The number of hydrogen-bond donors (Lipinski definition) is 0. The third-order valence-corrected chi connectivity index (χ3v) is 6.21. The van der Waals surface area contributed by atoms with E-state index in [0.29, 0.717) is 17.2 Å². The van der Waals surface area contributed by atoms with Crippen LogP contribution in [-0.4, -0.2) is 28.5 Å². The molecule has 2 aromatic heterocycles. The van der Waals surface area contributed by atoms with Gasteiger partial charge < -0.3 is 4.74 Å². The number of pyridine rings is 1. The lowest BCUT2D eigenvalue weighted by atomic mass is 9.99. The van der Waals surface area contributed by atoms with E-state index in [2.05, 4.69) is 27.9 Å². The molecule has 0 spiro atoms. The van der Waals surface area contributed by atoms with Gasteiger partial charge in [0.15, 0.2) is 0 Å². The van der Waals surface area contributed by atoms with Crippen LogP contribution >= 0.6 is 11.3 Å². The first-order valence-electron chi connectivity index (χ1n) is 9.49. The molecule has 0 bridgehead atoms. The highest BCUT2D eigenvalue weighted by Gasteiger charge is 2.34. The van der Waals surface area contributed by atoms with Crippen molar-refractivity contribution in [1.82, 2.24) is 14.9 Å². The number of benzene rings is 1. The van der Waals surface area contributed by atoms with E-state index in [4.69, 9.17) is 4.74 Å². The Labute approximate surface area is 169 Å². The highest BCUT2D eigenvalue weighted by atomic mass is 32.1. The van der Waals surface area contributed by atoms with Crippen LogP contribution in [0.15, 0.2) is 41.9 Å². The zero-order valence-electron chi connectivity index (χ0n) is 16.4. The number of ether oxygens (including phenoxy) is 1. The minimum absolute atomic E-state index is 0.00451. The van der Waals surface area contributed by atoms with E-state index in [1.165, 1.54) is 6.07 Å². The number of nitrogens with zero attached hydrogens (tertiary/aromatic N) is 3. The molecule has 6 heteroatoms. The van der Waals surface area contributed by atoms with Crippen molar-refractivity contribution in [2.75, 3.05) is 13.7 Å². The third kappa shape index (κ3) is 3.80. The molecule has 3 heterocycles. The number of likely N-dealkylation sites (tertiary alicyclic amines) is 1. The van der Waals surface area contributed by atoms with Gasteiger partial charge in [-0.15, -0.1) is 11.3 Å². The summed E-state index contributed by atoms with van der Waals surface area (Å²) < 4.78 is 20.2. The minimum Gasteiger partial charge on any atom is -0.496 e.